The van der Waals surface area contributed by atoms with Crippen molar-refractivity contribution in [3.05, 3.63) is 22.3 Å². The lowest BCUT2D eigenvalue weighted by atomic mass is 9.98. The number of nitrogens with zero attached hydrogens (tertiary/aromatic N) is 5. The molecule has 0 aromatic carbocycles. The summed E-state index contributed by atoms with van der Waals surface area (Å²) in [6, 6.07) is 2.11. The lowest BCUT2D eigenvalue weighted by molar-refractivity contribution is 0.505. The van der Waals surface area contributed by atoms with Gasteiger partial charge in [-0.2, -0.15) is 5.26 Å². The Morgan fingerprint density at radius 3 is 3.09 bits per heavy atom. The van der Waals surface area contributed by atoms with Crippen molar-refractivity contribution in [2.24, 2.45) is 0 Å². The Morgan fingerprint density at radius 1 is 1.50 bits per heavy atom. The van der Waals surface area contributed by atoms with Gasteiger partial charge in [-0.25, -0.2) is 15.0 Å². The number of rotatable bonds is 3. The molecule has 2 aromatic rings. The first-order chi connectivity index (χ1) is 10.7. The number of hydrogen-bond acceptors (Lipinski definition) is 8. The zero-order valence-corrected chi connectivity index (χ0v) is 13.1. The summed E-state index contributed by atoms with van der Waals surface area (Å²) in [5, 5.41) is 15.5. The topological polar surface area (TPSA) is 104 Å². The second-order valence-corrected chi connectivity index (χ2v) is 6.07. The van der Waals surface area contributed by atoms with E-state index in [1.165, 1.54) is 6.33 Å². The van der Waals surface area contributed by atoms with E-state index in [9.17, 15) is 5.26 Å². The normalized spacial score (nSPS) is 18.0. The molecule has 1 unspecified atom stereocenters. The number of nitrogen functional groups attached to an aromatic ring is 1. The average molecular weight is 315 g/mol. The molecule has 1 fully saturated rings. The van der Waals surface area contributed by atoms with E-state index >= 15 is 0 Å². The van der Waals surface area contributed by atoms with Crippen LogP contribution in [0.1, 0.15) is 29.3 Å². The Bertz CT molecular complexity index is 705. The van der Waals surface area contributed by atoms with Crippen LogP contribution in [0, 0.1) is 11.3 Å². The number of nitrogens with one attached hydrogen (secondary N) is 1. The highest BCUT2D eigenvalue weighted by Gasteiger charge is 2.26. The number of hydrogen-bond donors (Lipinski definition) is 2. The fraction of sp³-hybridized carbons (Fsp3) is 0.429. The highest BCUT2D eigenvalue weighted by Crippen LogP contribution is 2.33. The smallest absolute Gasteiger partial charge is 0.152 e. The summed E-state index contributed by atoms with van der Waals surface area (Å²) >= 11 is 1.67. The summed E-state index contributed by atoms with van der Waals surface area (Å²) in [6.45, 7) is 1.66. The maximum absolute atomic E-state index is 9.29. The fourth-order valence-electron chi connectivity index (χ4n) is 2.70. The van der Waals surface area contributed by atoms with E-state index < -0.39 is 0 Å². The van der Waals surface area contributed by atoms with Crippen molar-refractivity contribution >= 4 is 28.8 Å². The summed E-state index contributed by atoms with van der Waals surface area (Å²) in [7, 11) is 1.87. The van der Waals surface area contributed by atoms with Crippen molar-refractivity contribution in [1.82, 2.24) is 15.0 Å². The van der Waals surface area contributed by atoms with Crippen LogP contribution < -0.4 is 16.0 Å². The lowest BCUT2D eigenvalue weighted by Crippen LogP contribution is -2.35. The zero-order valence-electron chi connectivity index (χ0n) is 12.3. The van der Waals surface area contributed by atoms with Crippen molar-refractivity contribution in [3.63, 3.8) is 0 Å². The molecule has 22 heavy (non-hydrogen) atoms. The maximum Gasteiger partial charge on any atom is 0.152 e. The second kappa shape index (κ2) is 6.15. The third kappa shape index (κ3) is 2.67. The van der Waals surface area contributed by atoms with Gasteiger partial charge in [-0.3, -0.25) is 0 Å². The van der Waals surface area contributed by atoms with Crippen LogP contribution in [0.2, 0.25) is 0 Å². The van der Waals surface area contributed by atoms with Gasteiger partial charge in [0.15, 0.2) is 5.82 Å². The largest absolute Gasteiger partial charge is 0.382 e. The molecule has 3 rings (SSSR count). The van der Waals surface area contributed by atoms with Crippen molar-refractivity contribution in [3.8, 4) is 6.07 Å². The number of nitrogens with two attached hydrogens (primary N) is 1. The van der Waals surface area contributed by atoms with Gasteiger partial charge >= 0.3 is 0 Å². The minimum Gasteiger partial charge on any atom is -0.382 e. The second-order valence-electron chi connectivity index (χ2n) is 5.18. The summed E-state index contributed by atoms with van der Waals surface area (Å²) in [4.78, 5) is 14.9. The molecule has 0 spiro atoms. The van der Waals surface area contributed by atoms with Crippen molar-refractivity contribution < 1.29 is 0 Å². The van der Waals surface area contributed by atoms with E-state index in [1.54, 1.807) is 11.3 Å². The molecule has 0 amide bonds. The van der Waals surface area contributed by atoms with Gasteiger partial charge in [0.2, 0.25) is 0 Å². The van der Waals surface area contributed by atoms with Gasteiger partial charge in [-0.15, -0.1) is 11.3 Å². The third-order valence-electron chi connectivity index (χ3n) is 3.82. The molecule has 1 aliphatic rings. The van der Waals surface area contributed by atoms with Gasteiger partial charge < -0.3 is 16.0 Å². The minimum absolute atomic E-state index is 0.237. The van der Waals surface area contributed by atoms with Crippen LogP contribution in [-0.2, 0) is 0 Å². The van der Waals surface area contributed by atoms with E-state index in [-0.39, 0.29) is 5.82 Å². The molecular formula is C14H17N7S. The van der Waals surface area contributed by atoms with Crippen LogP contribution in [0.15, 0.2) is 11.7 Å². The van der Waals surface area contributed by atoms with Crippen LogP contribution in [0.4, 0.5) is 17.5 Å². The van der Waals surface area contributed by atoms with Crippen LogP contribution in [0.25, 0.3) is 0 Å². The molecule has 3 heterocycles. The first-order valence-corrected chi connectivity index (χ1v) is 7.99. The van der Waals surface area contributed by atoms with Gasteiger partial charge in [0.05, 0.1) is 5.01 Å². The summed E-state index contributed by atoms with van der Waals surface area (Å²) in [5.41, 5.74) is 6.15. The average Bonchev–Trinajstić information content (AvgIpc) is 3.04. The standard InChI is InChI=1S/C14H17N7S/c1-17-11-7-22-14(20-11)9-3-2-4-21(6-9)13-10(5-15)12(16)18-8-19-13/h7-9,17H,2-4,6H2,1H3,(H2,16,18,19). The van der Waals surface area contributed by atoms with E-state index in [0.717, 1.165) is 36.8 Å². The predicted octanol–water partition coefficient (Wildman–Crippen LogP) is 1.81. The molecule has 8 heteroatoms. The molecular weight excluding hydrogens is 298 g/mol. The minimum atomic E-state index is 0.237. The van der Waals surface area contributed by atoms with E-state index in [2.05, 4.69) is 31.2 Å². The molecule has 1 aliphatic heterocycles. The first kappa shape index (κ1) is 14.5. The van der Waals surface area contributed by atoms with Gasteiger partial charge in [-0.1, -0.05) is 0 Å². The van der Waals surface area contributed by atoms with Crippen molar-refractivity contribution in [1.29, 1.82) is 5.26 Å². The molecule has 3 N–H and O–H groups in total. The van der Waals surface area contributed by atoms with Gasteiger partial charge in [-0.05, 0) is 12.8 Å². The maximum atomic E-state index is 9.29. The van der Waals surface area contributed by atoms with Gasteiger partial charge in [0.1, 0.15) is 29.6 Å². The van der Waals surface area contributed by atoms with Crippen LogP contribution in [0.3, 0.4) is 0 Å². The fourth-order valence-corrected chi connectivity index (χ4v) is 3.64. The molecule has 114 valence electrons. The van der Waals surface area contributed by atoms with E-state index in [4.69, 9.17) is 5.73 Å². The molecule has 0 radical (unpaired) electrons. The van der Waals surface area contributed by atoms with Crippen molar-refractivity contribution in [2.75, 3.05) is 36.1 Å². The number of piperidine rings is 1. The van der Waals surface area contributed by atoms with Gasteiger partial charge in [0, 0.05) is 31.4 Å². The van der Waals surface area contributed by atoms with Crippen LogP contribution in [0.5, 0.6) is 0 Å². The van der Waals surface area contributed by atoms with Crippen LogP contribution >= 0.6 is 11.3 Å². The molecule has 7 nitrogen and oxygen atoms in total. The SMILES string of the molecule is CNc1csc(C2CCCN(c3ncnc(N)c3C#N)C2)n1. The van der Waals surface area contributed by atoms with Crippen LogP contribution in [-0.4, -0.2) is 35.1 Å². The molecule has 1 saturated heterocycles. The predicted molar refractivity (Wildman–Crippen MR) is 87.0 cm³/mol. The first-order valence-electron chi connectivity index (χ1n) is 7.11. The molecule has 1 atom stereocenters. The Hall–Kier alpha value is -2.40. The Balaban J connectivity index is 1.84. The van der Waals surface area contributed by atoms with E-state index in [0.29, 0.717) is 17.3 Å². The molecule has 2 aromatic heterocycles. The highest BCUT2D eigenvalue weighted by atomic mass is 32.1. The number of thiazole rings is 1. The Morgan fingerprint density at radius 2 is 2.36 bits per heavy atom. The lowest BCUT2D eigenvalue weighted by Gasteiger charge is -2.33. The molecule has 0 saturated carbocycles. The Labute approximate surface area is 132 Å². The quantitative estimate of drug-likeness (QED) is 0.890. The molecule has 0 bridgehead atoms. The summed E-state index contributed by atoms with van der Waals surface area (Å²) in [6.07, 6.45) is 3.54. The van der Waals surface area contributed by atoms with Crippen molar-refractivity contribution in [2.45, 2.75) is 18.8 Å². The highest BCUT2D eigenvalue weighted by molar-refractivity contribution is 7.10. The number of aromatic nitrogens is 3. The number of nitriles is 1. The summed E-state index contributed by atoms with van der Waals surface area (Å²) in [5.74, 6) is 2.12. The Kier molecular flexibility index (Phi) is 4.06. The monoisotopic (exact) mass is 315 g/mol. The third-order valence-corrected chi connectivity index (χ3v) is 4.82. The van der Waals surface area contributed by atoms with Gasteiger partial charge in [0.25, 0.3) is 0 Å². The zero-order chi connectivity index (χ0) is 15.5. The number of anilines is 3. The summed E-state index contributed by atoms with van der Waals surface area (Å²) < 4.78 is 0. The molecule has 0 aliphatic carbocycles. The van der Waals surface area contributed by atoms with E-state index in [1.807, 2.05) is 12.4 Å².